The molecule has 4 heteroatoms. The minimum atomic E-state index is 0.0306. The normalized spacial score (nSPS) is 15.2. The third-order valence-electron chi connectivity index (χ3n) is 2.94. The highest BCUT2D eigenvalue weighted by molar-refractivity contribution is 5.20. The highest BCUT2D eigenvalue weighted by Crippen LogP contribution is 2.08. The molecule has 2 heterocycles. The number of nitrogens with one attached hydrogen (secondary N) is 1. The standard InChI is InChI=1S/C12H19N3O/c1-9(2)4-6-15-12(16)7-10-8-13-5-3-11(10)14-15/h7,9,13H,3-6,8H2,1-2H3. The van der Waals surface area contributed by atoms with Gasteiger partial charge in [0.25, 0.3) is 5.56 Å². The second-order valence-corrected chi connectivity index (χ2v) is 4.79. The van der Waals surface area contributed by atoms with E-state index in [2.05, 4.69) is 24.3 Å². The van der Waals surface area contributed by atoms with Gasteiger partial charge in [-0.3, -0.25) is 4.79 Å². The van der Waals surface area contributed by atoms with E-state index in [0.29, 0.717) is 5.92 Å². The summed E-state index contributed by atoms with van der Waals surface area (Å²) in [5, 5.41) is 7.70. The third-order valence-corrected chi connectivity index (χ3v) is 2.94. The van der Waals surface area contributed by atoms with E-state index in [1.165, 1.54) is 0 Å². The van der Waals surface area contributed by atoms with E-state index in [4.69, 9.17) is 0 Å². The maximum absolute atomic E-state index is 11.8. The molecule has 4 nitrogen and oxygen atoms in total. The highest BCUT2D eigenvalue weighted by atomic mass is 16.1. The van der Waals surface area contributed by atoms with Crippen molar-refractivity contribution >= 4 is 0 Å². The van der Waals surface area contributed by atoms with Gasteiger partial charge in [0.15, 0.2) is 0 Å². The molecule has 0 unspecified atom stereocenters. The van der Waals surface area contributed by atoms with Crippen LogP contribution in [0.4, 0.5) is 0 Å². The maximum atomic E-state index is 11.8. The number of rotatable bonds is 3. The molecule has 0 fully saturated rings. The number of aryl methyl sites for hydroxylation is 1. The summed E-state index contributed by atoms with van der Waals surface area (Å²) in [5.74, 6) is 0.603. The summed E-state index contributed by atoms with van der Waals surface area (Å²) in [6.07, 6.45) is 1.93. The van der Waals surface area contributed by atoms with Crippen molar-refractivity contribution in [1.82, 2.24) is 15.1 Å². The second kappa shape index (κ2) is 4.78. The minimum Gasteiger partial charge on any atom is -0.312 e. The Bertz CT molecular complexity index is 423. The molecule has 16 heavy (non-hydrogen) atoms. The smallest absolute Gasteiger partial charge is 0.267 e. The average molecular weight is 221 g/mol. The Morgan fingerprint density at radius 3 is 3.12 bits per heavy atom. The Morgan fingerprint density at radius 1 is 1.56 bits per heavy atom. The average Bonchev–Trinajstić information content (AvgIpc) is 2.26. The first-order chi connectivity index (χ1) is 7.66. The molecule has 0 saturated carbocycles. The van der Waals surface area contributed by atoms with Crippen LogP contribution in [-0.4, -0.2) is 16.3 Å². The first-order valence-corrected chi connectivity index (χ1v) is 5.97. The monoisotopic (exact) mass is 221 g/mol. The molecule has 1 aliphatic heterocycles. The summed E-state index contributed by atoms with van der Waals surface area (Å²) in [6, 6.07) is 1.73. The number of fused-ring (bicyclic) bond motifs is 1. The number of nitrogens with zero attached hydrogens (tertiary/aromatic N) is 2. The van der Waals surface area contributed by atoms with Crippen molar-refractivity contribution in [3.63, 3.8) is 0 Å². The topological polar surface area (TPSA) is 46.9 Å². The summed E-state index contributed by atoms with van der Waals surface area (Å²) in [5.41, 5.74) is 2.18. The molecule has 1 aromatic heterocycles. The van der Waals surface area contributed by atoms with E-state index in [1.807, 2.05) is 0 Å². The van der Waals surface area contributed by atoms with Crippen molar-refractivity contribution in [1.29, 1.82) is 0 Å². The summed E-state index contributed by atoms with van der Waals surface area (Å²) < 4.78 is 1.62. The fourth-order valence-electron chi connectivity index (χ4n) is 1.90. The van der Waals surface area contributed by atoms with Crippen LogP contribution in [0.1, 0.15) is 31.5 Å². The van der Waals surface area contributed by atoms with Crippen molar-refractivity contribution in [2.75, 3.05) is 6.54 Å². The number of hydrogen-bond donors (Lipinski definition) is 1. The molecule has 0 aromatic carbocycles. The molecular formula is C12H19N3O. The Kier molecular flexibility index (Phi) is 3.39. The molecule has 0 radical (unpaired) electrons. The largest absolute Gasteiger partial charge is 0.312 e. The van der Waals surface area contributed by atoms with Crippen LogP contribution < -0.4 is 10.9 Å². The van der Waals surface area contributed by atoms with Crippen LogP contribution in [-0.2, 0) is 19.5 Å². The summed E-state index contributed by atoms with van der Waals surface area (Å²) in [4.78, 5) is 11.8. The molecule has 0 atom stereocenters. The van der Waals surface area contributed by atoms with Gasteiger partial charge in [-0.15, -0.1) is 0 Å². The fourth-order valence-corrected chi connectivity index (χ4v) is 1.90. The molecule has 0 spiro atoms. The Hall–Kier alpha value is -1.16. The van der Waals surface area contributed by atoms with E-state index in [9.17, 15) is 4.79 Å². The van der Waals surface area contributed by atoms with Gasteiger partial charge < -0.3 is 5.32 Å². The van der Waals surface area contributed by atoms with E-state index in [-0.39, 0.29) is 5.56 Å². The van der Waals surface area contributed by atoms with Crippen molar-refractivity contribution in [3.8, 4) is 0 Å². The van der Waals surface area contributed by atoms with E-state index in [1.54, 1.807) is 10.7 Å². The SMILES string of the molecule is CC(C)CCn1nc2c(cc1=O)CNCC2. The van der Waals surface area contributed by atoms with Crippen LogP contribution in [0.5, 0.6) is 0 Å². The molecule has 0 aliphatic carbocycles. The van der Waals surface area contributed by atoms with Gasteiger partial charge >= 0.3 is 0 Å². The summed E-state index contributed by atoms with van der Waals surface area (Å²) >= 11 is 0. The van der Waals surface area contributed by atoms with Crippen LogP contribution in [0.15, 0.2) is 10.9 Å². The lowest BCUT2D eigenvalue weighted by molar-refractivity contribution is 0.459. The lowest BCUT2D eigenvalue weighted by Crippen LogP contribution is -2.31. The molecule has 1 aromatic rings. The van der Waals surface area contributed by atoms with Gasteiger partial charge in [-0.05, 0) is 17.9 Å². The predicted molar refractivity (Wildman–Crippen MR) is 63.4 cm³/mol. The first kappa shape index (κ1) is 11.3. The predicted octanol–water partition coefficient (Wildman–Crippen LogP) is 0.935. The molecule has 0 bridgehead atoms. The van der Waals surface area contributed by atoms with E-state index < -0.39 is 0 Å². The maximum Gasteiger partial charge on any atom is 0.267 e. The van der Waals surface area contributed by atoms with Gasteiger partial charge in [0.05, 0.1) is 5.69 Å². The number of aromatic nitrogens is 2. The van der Waals surface area contributed by atoms with Crippen molar-refractivity contribution in [2.45, 2.75) is 39.8 Å². The van der Waals surface area contributed by atoms with E-state index in [0.717, 1.165) is 43.7 Å². The highest BCUT2D eigenvalue weighted by Gasteiger charge is 2.12. The van der Waals surface area contributed by atoms with Crippen LogP contribution >= 0.6 is 0 Å². The van der Waals surface area contributed by atoms with Gasteiger partial charge in [0.1, 0.15) is 0 Å². The molecule has 0 saturated heterocycles. The molecule has 1 aliphatic rings. The molecule has 1 N–H and O–H groups in total. The Labute approximate surface area is 95.7 Å². The second-order valence-electron chi connectivity index (χ2n) is 4.79. The van der Waals surface area contributed by atoms with Crippen LogP contribution in [0.3, 0.4) is 0 Å². The van der Waals surface area contributed by atoms with Crippen molar-refractivity contribution < 1.29 is 0 Å². The van der Waals surface area contributed by atoms with Crippen LogP contribution in [0.25, 0.3) is 0 Å². The summed E-state index contributed by atoms with van der Waals surface area (Å²) in [7, 11) is 0. The van der Waals surface area contributed by atoms with Crippen molar-refractivity contribution in [3.05, 3.63) is 27.7 Å². The fraction of sp³-hybridized carbons (Fsp3) is 0.667. The third kappa shape index (κ3) is 2.50. The van der Waals surface area contributed by atoms with Crippen LogP contribution in [0.2, 0.25) is 0 Å². The van der Waals surface area contributed by atoms with Gasteiger partial charge in [0.2, 0.25) is 0 Å². The van der Waals surface area contributed by atoms with Crippen molar-refractivity contribution in [2.24, 2.45) is 5.92 Å². The molecule has 88 valence electrons. The Morgan fingerprint density at radius 2 is 2.38 bits per heavy atom. The first-order valence-electron chi connectivity index (χ1n) is 5.97. The van der Waals surface area contributed by atoms with Crippen LogP contribution in [0, 0.1) is 5.92 Å². The molecule has 2 rings (SSSR count). The van der Waals surface area contributed by atoms with Gasteiger partial charge in [0, 0.05) is 32.1 Å². The van der Waals surface area contributed by atoms with Gasteiger partial charge in [-0.1, -0.05) is 13.8 Å². The summed E-state index contributed by atoms with van der Waals surface area (Å²) in [6.45, 7) is 6.79. The zero-order chi connectivity index (χ0) is 11.5. The minimum absolute atomic E-state index is 0.0306. The molecule has 0 amide bonds. The Balaban J connectivity index is 2.22. The lowest BCUT2D eigenvalue weighted by Gasteiger charge is -2.17. The van der Waals surface area contributed by atoms with Gasteiger partial charge in [-0.25, -0.2) is 4.68 Å². The van der Waals surface area contributed by atoms with Gasteiger partial charge in [-0.2, -0.15) is 5.10 Å². The zero-order valence-electron chi connectivity index (χ0n) is 9.99. The zero-order valence-corrected chi connectivity index (χ0v) is 9.99. The lowest BCUT2D eigenvalue weighted by atomic mass is 10.1. The quantitative estimate of drug-likeness (QED) is 0.826. The number of hydrogen-bond acceptors (Lipinski definition) is 3. The molecular weight excluding hydrogens is 202 g/mol. The van der Waals surface area contributed by atoms with E-state index >= 15 is 0 Å².